The number of nitrogens with two attached hydrogens (primary N) is 1. The SMILES string of the molecule is N#Cc1ccc(CC(F)(F)CN)s1. The fourth-order valence-corrected chi connectivity index (χ4v) is 1.74. The summed E-state index contributed by atoms with van der Waals surface area (Å²) >= 11 is 1.08. The first-order valence-corrected chi connectivity index (χ1v) is 4.46. The van der Waals surface area contributed by atoms with Crippen LogP contribution in [0.2, 0.25) is 0 Å². The molecule has 0 fully saturated rings. The first-order valence-electron chi connectivity index (χ1n) is 3.64. The standard InChI is InChI=1S/C8H8F2N2S/c9-8(10,5-12)3-6-1-2-7(4-11)13-6/h1-2H,3,5,12H2. The first kappa shape index (κ1) is 10.1. The highest BCUT2D eigenvalue weighted by atomic mass is 32.1. The predicted molar refractivity (Wildman–Crippen MR) is 46.7 cm³/mol. The third kappa shape index (κ3) is 2.76. The van der Waals surface area contributed by atoms with E-state index >= 15 is 0 Å². The largest absolute Gasteiger partial charge is 0.325 e. The number of nitrogens with zero attached hydrogens (tertiary/aromatic N) is 1. The molecule has 0 bridgehead atoms. The highest BCUT2D eigenvalue weighted by Crippen LogP contribution is 2.24. The molecular weight excluding hydrogens is 194 g/mol. The van der Waals surface area contributed by atoms with E-state index in [1.54, 1.807) is 0 Å². The second-order valence-corrected chi connectivity index (χ2v) is 3.78. The molecule has 2 nitrogen and oxygen atoms in total. The van der Waals surface area contributed by atoms with Gasteiger partial charge in [0.2, 0.25) is 0 Å². The van der Waals surface area contributed by atoms with Crippen LogP contribution in [-0.2, 0) is 6.42 Å². The fraction of sp³-hybridized carbons (Fsp3) is 0.375. The second-order valence-electron chi connectivity index (χ2n) is 2.61. The van der Waals surface area contributed by atoms with Gasteiger partial charge in [-0.2, -0.15) is 5.26 Å². The lowest BCUT2D eigenvalue weighted by molar-refractivity contribution is 0.0123. The average molecular weight is 202 g/mol. The molecule has 0 unspecified atom stereocenters. The van der Waals surface area contributed by atoms with Gasteiger partial charge in [0, 0.05) is 11.3 Å². The zero-order valence-corrected chi connectivity index (χ0v) is 7.57. The predicted octanol–water partition coefficient (Wildman–Crippen LogP) is 1.76. The molecule has 0 saturated carbocycles. The highest BCUT2D eigenvalue weighted by molar-refractivity contribution is 7.12. The van der Waals surface area contributed by atoms with Crippen LogP contribution >= 0.6 is 11.3 Å². The van der Waals surface area contributed by atoms with Crippen molar-refractivity contribution in [1.29, 1.82) is 5.26 Å². The normalized spacial score (nSPS) is 11.2. The maximum atomic E-state index is 12.8. The van der Waals surface area contributed by atoms with Crippen molar-refractivity contribution in [3.63, 3.8) is 0 Å². The third-order valence-electron chi connectivity index (χ3n) is 1.50. The van der Waals surface area contributed by atoms with Gasteiger partial charge in [-0.3, -0.25) is 0 Å². The summed E-state index contributed by atoms with van der Waals surface area (Å²) < 4.78 is 25.5. The molecule has 1 heterocycles. The van der Waals surface area contributed by atoms with E-state index in [1.807, 2.05) is 6.07 Å². The lowest BCUT2D eigenvalue weighted by Gasteiger charge is -2.11. The molecule has 0 saturated heterocycles. The number of thiophene rings is 1. The van der Waals surface area contributed by atoms with Crippen molar-refractivity contribution in [2.24, 2.45) is 5.73 Å². The van der Waals surface area contributed by atoms with Gasteiger partial charge >= 0.3 is 0 Å². The van der Waals surface area contributed by atoms with Gasteiger partial charge in [0.15, 0.2) is 0 Å². The van der Waals surface area contributed by atoms with Crippen LogP contribution in [0.15, 0.2) is 12.1 Å². The van der Waals surface area contributed by atoms with Crippen molar-refractivity contribution in [2.45, 2.75) is 12.3 Å². The number of hydrogen-bond donors (Lipinski definition) is 1. The second kappa shape index (κ2) is 3.81. The van der Waals surface area contributed by atoms with Crippen LogP contribution in [0.5, 0.6) is 0 Å². The fourth-order valence-electron chi connectivity index (χ4n) is 0.860. The quantitative estimate of drug-likeness (QED) is 0.811. The summed E-state index contributed by atoms with van der Waals surface area (Å²) in [4.78, 5) is 0.940. The molecule has 2 N–H and O–H groups in total. The van der Waals surface area contributed by atoms with Gasteiger partial charge in [-0.05, 0) is 12.1 Å². The Morgan fingerprint density at radius 1 is 1.54 bits per heavy atom. The Bertz CT molecular complexity index is 327. The molecule has 13 heavy (non-hydrogen) atoms. The number of halogens is 2. The summed E-state index contributed by atoms with van der Waals surface area (Å²) in [5, 5.41) is 8.45. The van der Waals surface area contributed by atoms with Crippen molar-refractivity contribution in [3.05, 3.63) is 21.9 Å². The van der Waals surface area contributed by atoms with E-state index in [4.69, 9.17) is 11.0 Å². The minimum atomic E-state index is -2.86. The van der Waals surface area contributed by atoms with Gasteiger partial charge in [-0.1, -0.05) is 0 Å². The highest BCUT2D eigenvalue weighted by Gasteiger charge is 2.27. The summed E-state index contributed by atoms with van der Waals surface area (Å²) in [6.45, 7) is -0.660. The Morgan fingerprint density at radius 2 is 2.23 bits per heavy atom. The van der Waals surface area contributed by atoms with Crippen molar-refractivity contribution >= 4 is 11.3 Å². The van der Waals surface area contributed by atoms with Crippen LogP contribution in [0.1, 0.15) is 9.75 Å². The molecular formula is C8H8F2N2S. The third-order valence-corrected chi connectivity index (χ3v) is 2.49. The minimum absolute atomic E-state index is 0.379. The maximum absolute atomic E-state index is 12.8. The van der Waals surface area contributed by atoms with E-state index in [2.05, 4.69) is 0 Å². The molecule has 0 aliphatic carbocycles. The van der Waals surface area contributed by atoms with Gasteiger partial charge in [0.1, 0.15) is 10.9 Å². The number of rotatable bonds is 3. The Morgan fingerprint density at radius 3 is 2.69 bits per heavy atom. The molecule has 5 heteroatoms. The van der Waals surface area contributed by atoms with Crippen LogP contribution in [0.3, 0.4) is 0 Å². The summed E-state index contributed by atoms with van der Waals surface area (Å²) in [7, 11) is 0. The molecule has 0 radical (unpaired) electrons. The molecule has 0 aliphatic heterocycles. The minimum Gasteiger partial charge on any atom is -0.325 e. The molecule has 1 aromatic heterocycles. The van der Waals surface area contributed by atoms with Crippen LogP contribution < -0.4 is 5.73 Å². The maximum Gasteiger partial charge on any atom is 0.264 e. The lowest BCUT2D eigenvalue weighted by atomic mass is 10.2. The van der Waals surface area contributed by atoms with Crippen molar-refractivity contribution < 1.29 is 8.78 Å². The van der Waals surface area contributed by atoms with E-state index in [-0.39, 0.29) is 6.42 Å². The van der Waals surface area contributed by atoms with Crippen molar-refractivity contribution in [3.8, 4) is 6.07 Å². The number of hydrogen-bond acceptors (Lipinski definition) is 3. The van der Waals surface area contributed by atoms with E-state index in [0.717, 1.165) is 11.3 Å². The molecule has 1 rings (SSSR count). The first-order chi connectivity index (χ1) is 6.07. The topological polar surface area (TPSA) is 49.8 Å². The van der Waals surface area contributed by atoms with Gasteiger partial charge in [0.25, 0.3) is 5.92 Å². The molecule has 1 aromatic rings. The number of nitriles is 1. The van der Waals surface area contributed by atoms with Crippen LogP contribution in [0.25, 0.3) is 0 Å². The Balaban J connectivity index is 2.70. The van der Waals surface area contributed by atoms with Crippen LogP contribution in [-0.4, -0.2) is 12.5 Å². The summed E-state index contributed by atoms with van der Waals surface area (Å²) in [6.07, 6.45) is -0.379. The van der Waals surface area contributed by atoms with Crippen molar-refractivity contribution in [1.82, 2.24) is 0 Å². The summed E-state index contributed by atoms with van der Waals surface area (Å²) in [5.41, 5.74) is 4.88. The molecule has 0 spiro atoms. The zero-order chi connectivity index (χ0) is 9.90. The number of alkyl halides is 2. The van der Waals surface area contributed by atoms with E-state index in [0.29, 0.717) is 9.75 Å². The monoisotopic (exact) mass is 202 g/mol. The Kier molecular flexibility index (Phi) is 2.96. The zero-order valence-electron chi connectivity index (χ0n) is 6.76. The van der Waals surface area contributed by atoms with Gasteiger partial charge < -0.3 is 5.73 Å². The van der Waals surface area contributed by atoms with E-state index in [1.165, 1.54) is 12.1 Å². The molecule has 70 valence electrons. The average Bonchev–Trinajstić information content (AvgIpc) is 2.52. The summed E-state index contributed by atoms with van der Waals surface area (Å²) in [5.74, 6) is -2.86. The summed E-state index contributed by atoms with van der Waals surface area (Å²) in [6, 6.07) is 4.96. The smallest absolute Gasteiger partial charge is 0.264 e. The molecule has 0 atom stereocenters. The Hall–Kier alpha value is -0.990. The molecule has 0 aliphatic rings. The Labute approximate surface area is 78.6 Å². The van der Waals surface area contributed by atoms with E-state index < -0.39 is 12.5 Å². The van der Waals surface area contributed by atoms with Crippen LogP contribution in [0, 0.1) is 11.3 Å². The van der Waals surface area contributed by atoms with Gasteiger partial charge in [-0.25, -0.2) is 8.78 Å². The molecule has 0 amide bonds. The van der Waals surface area contributed by atoms with Gasteiger partial charge in [-0.15, -0.1) is 11.3 Å². The molecule has 0 aromatic carbocycles. The van der Waals surface area contributed by atoms with Crippen LogP contribution in [0.4, 0.5) is 8.78 Å². The van der Waals surface area contributed by atoms with Gasteiger partial charge in [0.05, 0.1) is 6.54 Å². The lowest BCUT2D eigenvalue weighted by Crippen LogP contribution is -2.29. The van der Waals surface area contributed by atoms with E-state index in [9.17, 15) is 8.78 Å². The van der Waals surface area contributed by atoms with Crippen molar-refractivity contribution in [2.75, 3.05) is 6.54 Å².